The van der Waals surface area contributed by atoms with Gasteiger partial charge >= 0.3 is 0 Å². The maximum atomic E-state index is 12.9. The maximum Gasteiger partial charge on any atom is 0.255 e. The minimum atomic E-state index is -0.285. The molecule has 1 fully saturated rings. The van der Waals surface area contributed by atoms with Crippen molar-refractivity contribution in [3.8, 4) is 17.2 Å². The van der Waals surface area contributed by atoms with Crippen molar-refractivity contribution in [2.45, 2.75) is 64.9 Å². The molecular formula is C29H35NO4. The molecule has 34 heavy (non-hydrogen) atoms. The molecule has 0 aromatic heterocycles. The van der Waals surface area contributed by atoms with Gasteiger partial charge in [0.25, 0.3) is 5.91 Å². The number of carbonyl (C=O) groups excluding carboxylic acids is 1. The molecule has 0 radical (unpaired) electrons. The number of unbranched alkanes of at least 4 members (excludes halogenated alkanes) is 1. The zero-order valence-corrected chi connectivity index (χ0v) is 20.2. The maximum absolute atomic E-state index is 12.9. The van der Waals surface area contributed by atoms with Crippen LogP contribution in [0.15, 0.2) is 48.5 Å². The molecule has 0 saturated heterocycles. The third-order valence-electron chi connectivity index (χ3n) is 6.51. The molecule has 1 aliphatic carbocycles. The van der Waals surface area contributed by atoms with Gasteiger partial charge in [0.05, 0.1) is 18.3 Å². The third-order valence-corrected chi connectivity index (χ3v) is 6.51. The lowest BCUT2D eigenvalue weighted by molar-refractivity contribution is 0.0948. The van der Waals surface area contributed by atoms with Crippen LogP contribution in [0.3, 0.4) is 0 Å². The van der Waals surface area contributed by atoms with E-state index in [-0.39, 0.29) is 23.3 Å². The van der Waals surface area contributed by atoms with Crippen LogP contribution in [0.25, 0.3) is 10.8 Å². The Kier molecular flexibility index (Phi) is 7.94. The first-order valence-corrected chi connectivity index (χ1v) is 12.4. The normalized spacial score (nSPS) is 14.2. The smallest absolute Gasteiger partial charge is 0.255 e. The first-order valence-electron chi connectivity index (χ1n) is 12.4. The van der Waals surface area contributed by atoms with E-state index in [1.807, 2.05) is 43.3 Å². The van der Waals surface area contributed by atoms with Gasteiger partial charge in [-0.1, -0.05) is 48.4 Å². The standard InChI is InChI=1S/C29H35NO4/c1-20-14-15-26(21(2)18-20)33-17-9-8-16-30-29(32)25-19-27(34-22-10-4-3-5-11-22)23-12-6-7-13-24(23)28(25)31/h6-7,12-15,18-19,22,31H,3-5,8-11,16-17H2,1-2H3,(H,30,32). The van der Waals surface area contributed by atoms with Gasteiger partial charge < -0.3 is 19.9 Å². The number of phenolic OH excluding ortho intramolecular Hbond substituents is 1. The second kappa shape index (κ2) is 11.3. The molecule has 0 spiro atoms. The number of amides is 1. The molecule has 0 unspecified atom stereocenters. The van der Waals surface area contributed by atoms with Crippen molar-refractivity contribution in [3.05, 3.63) is 65.2 Å². The van der Waals surface area contributed by atoms with Crippen LogP contribution in [0, 0.1) is 13.8 Å². The SMILES string of the molecule is Cc1ccc(OCCCCNC(=O)c2cc(OC3CCCCC3)c3ccccc3c2O)c(C)c1. The molecule has 3 aromatic rings. The zero-order chi connectivity index (χ0) is 23.9. The van der Waals surface area contributed by atoms with Crippen molar-refractivity contribution < 1.29 is 19.4 Å². The second-order valence-electron chi connectivity index (χ2n) is 9.27. The van der Waals surface area contributed by atoms with Crippen LogP contribution in [-0.4, -0.2) is 30.3 Å². The van der Waals surface area contributed by atoms with E-state index in [9.17, 15) is 9.90 Å². The van der Waals surface area contributed by atoms with Gasteiger partial charge in [0, 0.05) is 17.3 Å². The van der Waals surface area contributed by atoms with E-state index in [0.717, 1.165) is 42.4 Å². The van der Waals surface area contributed by atoms with Crippen molar-refractivity contribution in [2.24, 2.45) is 0 Å². The molecule has 5 nitrogen and oxygen atoms in total. The van der Waals surface area contributed by atoms with Gasteiger partial charge in [-0.05, 0) is 70.1 Å². The molecule has 0 heterocycles. The molecule has 0 bridgehead atoms. The first kappa shape index (κ1) is 23.9. The molecule has 4 rings (SSSR count). The molecule has 1 aliphatic rings. The minimum Gasteiger partial charge on any atom is -0.506 e. The molecule has 1 amide bonds. The van der Waals surface area contributed by atoms with Crippen molar-refractivity contribution in [3.63, 3.8) is 0 Å². The van der Waals surface area contributed by atoms with Crippen molar-refractivity contribution in [2.75, 3.05) is 13.2 Å². The summed E-state index contributed by atoms with van der Waals surface area (Å²) in [5.41, 5.74) is 2.61. The summed E-state index contributed by atoms with van der Waals surface area (Å²) in [5.74, 6) is 1.29. The molecular weight excluding hydrogens is 426 g/mol. The molecule has 0 atom stereocenters. The first-order chi connectivity index (χ1) is 16.5. The highest BCUT2D eigenvalue weighted by atomic mass is 16.5. The fraction of sp³-hybridized carbons (Fsp3) is 0.414. The average molecular weight is 462 g/mol. The van der Waals surface area contributed by atoms with Crippen LogP contribution >= 0.6 is 0 Å². The van der Waals surface area contributed by atoms with Gasteiger partial charge in [-0.3, -0.25) is 4.79 Å². The number of hydrogen-bond acceptors (Lipinski definition) is 4. The Morgan fingerprint density at radius 1 is 0.971 bits per heavy atom. The summed E-state index contributed by atoms with van der Waals surface area (Å²) in [4.78, 5) is 12.9. The largest absolute Gasteiger partial charge is 0.506 e. The summed E-state index contributed by atoms with van der Waals surface area (Å²) in [6, 6.07) is 15.4. The van der Waals surface area contributed by atoms with Gasteiger partial charge in [-0.25, -0.2) is 0 Å². The number of carbonyl (C=O) groups is 1. The van der Waals surface area contributed by atoms with E-state index in [4.69, 9.17) is 9.47 Å². The van der Waals surface area contributed by atoms with E-state index in [1.54, 1.807) is 6.07 Å². The summed E-state index contributed by atoms with van der Waals surface area (Å²) in [6.45, 7) is 5.23. The fourth-order valence-corrected chi connectivity index (χ4v) is 4.63. The highest BCUT2D eigenvalue weighted by Crippen LogP contribution is 2.37. The van der Waals surface area contributed by atoms with Crippen LogP contribution < -0.4 is 14.8 Å². The molecule has 5 heteroatoms. The Balaban J connectivity index is 1.35. The predicted octanol–water partition coefficient (Wildman–Crippen LogP) is 6.46. The van der Waals surface area contributed by atoms with E-state index >= 15 is 0 Å². The number of rotatable bonds is 9. The molecule has 180 valence electrons. The van der Waals surface area contributed by atoms with Crippen molar-refractivity contribution in [1.82, 2.24) is 5.32 Å². The summed E-state index contributed by atoms with van der Waals surface area (Å²) in [6.07, 6.45) is 7.42. The van der Waals surface area contributed by atoms with Gasteiger partial charge in [0.1, 0.15) is 17.2 Å². The van der Waals surface area contributed by atoms with Crippen molar-refractivity contribution >= 4 is 16.7 Å². The van der Waals surface area contributed by atoms with Gasteiger partial charge in [0.2, 0.25) is 0 Å². The van der Waals surface area contributed by atoms with E-state index in [2.05, 4.69) is 18.3 Å². The van der Waals surface area contributed by atoms with Gasteiger partial charge in [-0.15, -0.1) is 0 Å². The monoisotopic (exact) mass is 461 g/mol. The molecule has 2 N–H and O–H groups in total. The Morgan fingerprint density at radius 2 is 1.74 bits per heavy atom. The third kappa shape index (κ3) is 5.82. The number of aromatic hydroxyl groups is 1. The molecule has 1 saturated carbocycles. The Bertz CT molecular complexity index is 1130. The van der Waals surface area contributed by atoms with Crippen LogP contribution in [0.2, 0.25) is 0 Å². The Hall–Kier alpha value is -3.21. The number of fused-ring (bicyclic) bond motifs is 1. The molecule has 3 aromatic carbocycles. The number of ether oxygens (including phenoxy) is 2. The summed E-state index contributed by atoms with van der Waals surface area (Å²) < 4.78 is 12.2. The average Bonchev–Trinajstić information content (AvgIpc) is 2.84. The highest BCUT2D eigenvalue weighted by Gasteiger charge is 2.21. The number of benzene rings is 3. The lowest BCUT2D eigenvalue weighted by Gasteiger charge is -2.24. The fourth-order valence-electron chi connectivity index (χ4n) is 4.63. The summed E-state index contributed by atoms with van der Waals surface area (Å²) >= 11 is 0. The number of aryl methyl sites for hydroxylation is 2. The van der Waals surface area contributed by atoms with Crippen molar-refractivity contribution in [1.29, 1.82) is 0 Å². The lowest BCUT2D eigenvalue weighted by atomic mass is 9.97. The highest BCUT2D eigenvalue weighted by molar-refractivity contribution is 6.05. The van der Waals surface area contributed by atoms with Crippen LogP contribution in [0.4, 0.5) is 0 Å². The van der Waals surface area contributed by atoms with E-state index < -0.39 is 0 Å². The number of phenols is 1. The van der Waals surface area contributed by atoms with E-state index in [0.29, 0.717) is 24.3 Å². The lowest BCUT2D eigenvalue weighted by Crippen LogP contribution is -2.25. The van der Waals surface area contributed by atoms with Gasteiger partial charge in [-0.2, -0.15) is 0 Å². The summed E-state index contributed by atoms with van der Waals surface area (Å²) in [5, 5.41) is 15.2. The summed E-state index contributed by atoms with van der Waals surface area (Å²) in [7, 11) is 0. The zero-order valence-electron chi connectivity index (χ0n) is 20.2. The number of hydrogen-bond donors (Lipinski definition) is 2. The Labute approximate surface area is 202 Å². The van der Waals surface area contributed by atoms with Crippen LogP contribution in [0.5, 0.6) is 17.2 Å². The second-order valence-corrected chi connectivity index (χ2v) is 9.27. The predicted molar refractivity (Wildman–Crippen MR) is 136 cm³/mol. The van der Waals surface area contributed by atoms with Crippen LogP contribution in [0.1, 0.15) is 66.4 Å². The minimum absolute atomic E-state index is 0.00211. The quantitative estimate of drug-likeness (QED) is 0.359. The topological polar surface area (TPSA) is 67.8 Å². The van der Waals surface area contributed by atoms with E-state index in [1.165, 1.54) is 24.8 Å². The number of nitrogens with one attached hydrogen (secondary N) is 1. The molecule has 0 aliphatic heterocycles. The Morgan fingerprint density at radius 3 is 2.50 bits per heavy atom. The van der Waals surface area contributed by atoms with Crippen LogP contribution in [-0.2, 0) is 0 Å². The van der Waals surface area contributed by atoms with Gasteiger partial charge in [0.15, 0.2) is 0 Å².